The summed E-state index contributed by atoms with van der Waals surface area (Å²) in [7, 11) is 0. The van der Waals surface area contributed by atoms with Crippen LogP contribution < -0.4 is 14.8 Å². The van der Waals surface area contributed by atoms with Gasteiger partial charge < -0.3 is 14.8 Å². The first-order valence-electron chi connectivity index (χ1n) is 10.3. The Morgan fingerprint density at radius 1 is 0.933 bits per heavy atom. The minimum absolute atomic E-state index is 0.0829. The van der Waals surface area contributed by atoms with Crippen LogP contribution in [0.4, 0.5) is 0 Å². The normalized spacial score (nSPS) is 11.6. The number of aryl methyl sites for hydroxylation is 2. The fraction of sp³-hybridized carbons (Fsp3) is 0.269. The van der Waals surface area contributed by atoms with E-state index in [4.69, 9.17) is 9.47 Å². The highest BCUT2D eigenvalue weighted by Crippen LogP contribution is 2.24. The summed E-state index contributed by atoms with van der Waals surface area (Å²) in [5.41, 5.74) is 4.90. The number of ether oxygens (including phenoxy) is 2. The third-order valence-corrected chi connectivity index (χ3v) is 5.14. The zero-order valence-electron chi connectivity index (χ0n) is 18.1. The summed E-state index contributed by atoms with van der Waals surface area (Å²) in [6.45, 7) is 8.93. The summed E-state index contributed by atoms with van der Waals surface area (Å²) in [5, 5.41) is 3.06. The van der Waals surface area contributed by atoms with E-state index in [1.54, 1.807) is 6.07 Å². The Morgan fingerprint density at radius 3 is 2.40 bits per heavy atom. The Kier molecular flexibility index (Phi) is 7.12. The van der Waals surface area contributed by atoms with Crippen molar-refractivity contribution in [3.05, 3.63) is 94.5 Å². The number of amides is 1. The molecule has 0 spiro atoms. The fourth-order valence-electron chi connectivity index (χ4n) is 3.20. The molecule has 1 atom stereocenters. The highest BCUT2D eigenvalue weighted by atomic mass is 16.5. The van der Waals surface area contributed by atoms with Crippen molar-refractivity contribution in [3.8, 4) is 11.5 Å². The first kappa shape index (κ1) is 21.4. The van der Waals surface area contributed by atoms with Crippen LogP contribution >= 0.6 is 0 Å². The zero-order chi connectivity index (χ0) is 21.5. The summed E-state index contributed by atoms with van der Waals surface area (Å²) in [4.78, 5) is 12.8. The molecule has 0 aliphatic heterocycles. The summed E-state index contributed by atoms with van der Waals surface area (Å²) in [6.07, 6.45) is 0. The molecular weight excluding hydrogens is 374 g/mol. The van der Waals surface area contributed by atoms with E-state index in [9.17, 15) is 4.79 Å². The third kappa shape index (κ3) is 5.41. The molecule has 0 heterocycles. The molecule has 1 amide bonds. The van der Waals surface area contributed by atoms with E-state index in [-0.39, 0.29) is 11.9 Å². The molecule has 3 rings (SSSR count). The van der Waals surface area contributed by atoms with Gasteiger partial charge in [-0.3, -0.25) is 4.79 Å². The molecule has 156 valence electrons. The molecule has 3 aromatic rings. The van der Waals surface area contributed by atoms with E-state index in [0.29, 0.717) is 18.8 Å². The lowest BCUT2D eigenvalue weighted by molar-refractivity contribution is 0.0939. The van der Waals surface area contributed by atoms with Crippen LogP contribution in [0.1, 0.15) is 52.5 Å². The number of hydrogen-bond donors (Lipinski definition) is 1. The topological polar surface area (TPSA) is 47.6 Å². The van der Waals surface area contributed by atoms with Crippen molar-refractivity contribution in [2.24, 2.45) is 0 Å². The summed E-state index contributed by atoms with van der Waals surface area (Å²) in [6, 6.07) is 21.3. The number of benzene rings is 3. The van der Waals surface area contributed by atoms with Crippen LogP contribution in [0.3, 0.4) is 0 Å². The van der Waals surface area contributed by atoms with Gasteiger partial charge in [-0.15, -0.1) is 0 Å². The lowest BCUT2D eigenvalue weighted by atomic mass is 10.1. The minimum atomic E-state index is -0.123. The molecule has 1 N–H and O–H groups in total. The molecule has 4 nitrogen and oxygen atoms in total. The Balaban J connectivity index is 1.75. The molecule has 0 aromatic heterocycles. The molecule has 0 aliphatic carbocycles. The molecule has 0 saturated carbocycles. The van der Waals surface area contributed by atoms with Gasteiger partial charge in [-0.25, -0.2) is 0 Å². The molecule has 3 aromatic carbocycles. The van der Waals surface area contributed by atoms with Crippen molar-refractivity contribution in [2.45, 2.75) is 40.3 Å². The number of nitrogens with one attached hydrogen (secondary N) is 1. The smallest absolute Gasteiger partial charge is 0.251 e. The van der Waals surface area contributed by atoms with Crippen molar-refractivity contribution in [1.29, 1.82) is 0 Å². The van der Waals surface area contributed by atoms with E-state index in [0.717, 1.165) is 22.6 Å². The van der Waals surface area contributed by atoms with Crippen molar-refractivity contribution in [2.75, 3.05) is 6.61 Å². The van der Waals surface area contributed by atoms with Crippen molar-refractivity contribution in [3.63, 3.8) is 0 Å². The quantitative estimate of drug-likeness (QED) is 0.519. The molecule has 0 bridgehead atoms. The van der Waals surface area contributed by atoms with Gasteiger partial charge in [0.2, 0.25) is 0 Å². The Morgan fingerprint density at radius 2 is 1.70 bits per heavy atom. The second-order valence-electron chi connectivity index (χ2n) is 7.40. The van der Waals surface area contributed by atoms with Crippen molar-refractivity contribution in [1.82, 2.24) is 5.32 Å². The molecule has 30 heavy (non-hydrogen) atoms. The van der Waals surface area contributed by atoms with Crippen LogP contribution in [0.15, 0.2) is 66.7 Å². The molecule has 0 aliphatic rings. The second kappa shape index (κ2) is 9.97. The maximum absolute atomic E-state index is 12.8. The third-order valence-electron chi connectivity index (χ3n) is 5.14. The van der Waals surface area contributed by atoms with Gasteiger partial charge in [-0.1, -0.05) is 36.4 Å². The maximum Gasteiger partial charge on any atom is 0.251 e. The van der Waals surface area contributed by atoms with Gasteiger partial charge in [0.25, 0.3) is 5.91 Å². The van der Waals surface area contributed by atoms with Crippen LogP contribution in [-0.4, -0.2) is 12.5 Å². The molecule has 0 saturated heterocycles. The highest BCUT2D eigenvalue weighted by molar-refractivity contribution is 5.94. The minimum Gasteiger partial charge on any atom is -0.493 e. The Bertz CT molecular complexity index is 998. The molecular formula is C26H29NO3. The largest absolute Gasteiger partial charge is 0.493 e. The summed E-state index contributed by atoms with van der Waals surface area (Å²) in [5.74, 6) is 1.41. The lowest BCUT2D eigenvalue weighted by Crippen LogP contribution is -2.26. The Labute approximate surface area is 178 Å². The van der Waals surface area contributed by atoms with E-state index in [1.807, 2.05) is 74.5 Å². The van der Waals surface area contributed by atoms with Crippen molar-refractivity contribution < 1.29 is 14.3 Å². The standard InChI is InChI=1S/C26H29NO3/c1-5-29-25-14-12-22(26(28)27-20(4)21-9-7-6-8-10-21)16-23(25)17-30-24-13-11-18(2)19(3)15-24/h6-16,20H,5,17H2,1-4H3,(H,27,28)/t20-/m1/s1. The Hall–Kier alpha value is -3.27. The van der Waals surface area contributed by atoms with E-state index in [2.05, 4.69) is 19.2 Å². The van der Waals surface area contributed by atoms with Crippen molar-refractivity contribution >= 4 is 5.91 Å². The predicted octanol–water partition coefficient (Wildman–Crippen LogP) is 5.77. The number of hydrogen-bond acceptors (Lipinski definition) is 3. The van der Waals surface area contributed by atoms with Gasteiger partial charge >= 0.3 is 0 Å². The summed E-state index contributed by atoms with van der Waals surface area (Å²) < 4.78 is 11.7. The van der Waals surface area contributed by atoms with E-state index >= 15 is 0 Å². The van der Waals surface area contributed by atoms with Gasteiger partial charge in [-0.05, 0) is 74.7 Å². The predicted molar refractivity (Wildman–Crippen MR) is 120 cm³/mol. The van der Waals surface area contributed by atoms with Crippen LogP contribution in [-0.2, 0) is 6.61 Å². The van der Waals surface area contributed by atoms with Gasteiger partial charge in [0, 0.05) is 11.1 Å². The van der Waals surface area contributed by atoms with Gasteiger partial charge in [0.1, 0.15) is 18.1 Å². The zero-order valence-corrected chi connectivity index (χ0v) is 18.1. The van der Waals surface area contributed by atoms with E-state index < -0.39 is 0 Å². The first-order chi connectivity index (χ1) is 14.5. The van der Waals surface area contributed by atoms with Gasteiger partial charge in [0.05, 0.1) is 12.6 Å². The number of carbonyl (C=O) groups excluding carboxylic acids is 1. The lowest BCUT2D eigenvalue weighted by Gasteiger charge is -2.16. The average molecular weight is 404 g/mol. The molecule has 4 heteroatoms. The fourth-order valence-corrected chi connectivity index (χ4v) is 3.20. The molecule has 0 fully saturated rings. The van der Waals surface area contributed by atoms with Crippen LogP contribution in [0.5, 0.6) is 11.5 Å². The molecule has 0 radical (unpaired) electrons. The van der Waals surface area contributed by atoms with Crippen LogP contribution in [0, 0.1) is 13.8 Å². The van der Waals surface area contributed by atoms with E-state index in [1.165, 1.54) is 11.1 Å². The van der Waals surface area contributed by atoms with Crippen LogP contribution in [0.2, 0.25) is 0 Å². The number of carbonyl (C=O) groups is 1. The first-order valence-corrected chi connectivity index (χ1v) is 10.3. The SMILES string of the molecule is CCOc1ccc(C(=O)N[C@H](C)c2ccccc2)cc1COc1ccc(C)c(C)c1. The van der Waals surface area contributed by atoms with Gasteiger partial charge in [-0.2, -0.15) is 0 Å². The summed E-state index contributed by atoms with van der Waals surface area (Å²) >= 11 is 0. The average Bonchev–Trinajstić information content (AvgIpc) is 2.76. The number of rotatable bonds is 8. The van der Waals surface area contributed by atoms with Crippen LogP contribution in [0.25, 0.3) is 0 Å². The highest BCUT2D eigenvalue weighted by Gasteiger charge is 2.14. The molecule has 0 unspecified atom stereocenters. The second-order valence-corrected chi connectivity index (χ2v) is 7.40. The van der Waals surface area contributed by atoms with Gasteiger partial charge in [0.15, 0.2) is 0 Å². The maximum atomic E-state index is 12.8. The monoisotopic (exact) mass is 403 g/mol.